The van der Waals surface area contributed by atoms with Crippen LogP contribution in [0.25, 0.3) is 10.8 Å². The summed E-state index contributed by atoms with van der Waals surface area (Å²) in [5.41, 5.74) is 4.72. The molecule has 9 nitrogen and oxygen atoms in total. The zero-order valence-corrected chi connectivity index (χ0v) is 20.6. The van der Waals surface area contributed by atoms with E-state index in [0.717, 1.165) is 25.7 Å². The predicted octanol–water partition coefficient (Wildman–Crippen LogP) is 3.72. The van der Waals surface area contributed by atoms with Gasteiger partial charge in [-0.15, -0.1) is 0 Å². The standard InChI is InChI=1S/C22H30ClN5O4S/c1-22(2,3)32-19(29)13-28(12-14-6-4-5-7-14)33(30,31)15-8-9-16-17(10-15)20(27-21(24)25)26-11-18(16)23/h8-11,14H,4-7,12-13H2,1-3H3,(H4,24,25,26,27). The Morgan fingerprint density at radius 2 is 1.97 bits per heavy atom. The summed E-state index contributed by atoms with van der Waals surface area (Å²) in [6.07, 6.45) is 5.34. The summed E-state index contributed by atoms with van der Waals surface area (Å²) in [5, 5.41) is 11.4. The Bertz CT molecular complexity index is 1160. The van der Waals surface area contributed by atoms with Crippen molar-refractivity contribution in [3.05, 3.63) is 29.4 Å². The fourth-order valence-corrected chi connectivity index (χ4v) is 5.67. The fourth-order valence-electron chi connectivity index (χ4n) is 3.97. The lowest BCUT2D eigenvalue weighted by Crippen LogP contribution is -2.41. The molecule has 0 unspecified atom stereocenters. The van der Waals surface area contributed by atoms with Gasteiger partial charge in [-0.25, -0.2) is 13.4 Å². The van der Waals surface area contributed by atoms with Crippen LogP contribution in [0.3, 0.4) is 0 Å². The Morgan fingerprint density at radius 3 is 2.58 bits per heavy atom. The van der Waals surface area contributed by atoms with Crippen molar-refractivity contribution in [1.29, 1.82) is 5.41 Å². The second-order valence-corrected chi connectivity index (χ2v) is 11.6. The second kappa shape index (κ2) is 9.82. The third-order valence-electron chi connectivity index (χ3n) is 5.36. The van der Waals surface area contributed by atoms with E-state index in [1.165, 1.54) is 22.6 Å². The van der Waals surface area contributed by atoms with E-state index >= 15 is 0 Å². The molecule has 1 aliphatic carbocycles. The summed E-state index contributed by atoms with van der Waals surface area (Å²) in [5.74, 6) is -0.539. The summed E-state index contributed by atoms with van der Waals surface area (Å²) >= 11 is 6.24. The van der Waals surface area contributed by atoms with Crippen LogP contribution >= 0.6 is 11.6 Å². The molecular weight excluding hydrogens is 466 g/mol. The van der Waals surface area contributed by atoms with Crippen LogP contribution in [0.5, 0.6) is 0 Å². The van der Waals surface area contributed by atoms with Crippen molar-refractivity contribution in [1.82, 2.24) is 9.29 Å². The molecule has 0 radical (unpaired) electrons. The van der Waals surface area contributed by atoms with Crippen molar-refractivity contribution >= 4 is 50.1 Å². The van der Waals surface area contributed by atoms with Crippen LogP contribution in [-0.2, 0) is 19.6 Å². The highest BCUT2D eigenvalue weighted by atomic mass is 35.5. The quantitative estimate of drug-likeness (QED) is 0.302. The van der Waals surface area contributed by atoms with E-state index in [-0.39, 0.29) is 35.7 Å². The Morgan fingerprint density at radius 1 is 1.30 bits per heavy atom. The lowest BCUT2D eigenvalue weighted by molar-refractivity contribution is -0.155. The first-order valence-corrected chi connectivity index (χ1v) is 12.6. The maximum absolute atomic E-state index is 13.7. The van der Waals surface area contributed by atoms with Gasteiger partial charge in [0.05, 0.1) is 9.92 Å². The first-order chi connectivity index (χ1) is 15.4. The summed E-state index contributed by atoms with van der Waals surface area (Å²) in [4.78, 5) is 16.7. The molecule has 0 saturated heterocycles. The number of esters is 1. The van der Waals surface area contributed by atoms with Crippen molar-refractivity contribution in [2.45, 2.75) is 57.0 Å². The third kappa shape index (κ3) is 6.33. The van der Waals surface area contributed by atoms with Crippen LogP contribution in [0.15, 0.2) is 29.3 Å². The molecular formula is C22H30ClN5O4S. The summed E-state index contributed by atoms with van der Waals surface area (Å²) in [6.45, 7) is 5.09. The van der Waals surface area contributed by atoms with Gasteiger partial charge >= 0.3 is 5.97 Å². The Labute approximate surface area is 199 Å². The number of carbonyl (C=O) groups excluding carboxylic acids is 1. The normalized spacial score (nSPS) is 15.2. The molecule has 4 N–H and O–H groups in total. The smallest absolute Gasteiger partial charge is 0.321 e. The number of rotatable bonds is 7. The van der Waals surface area contributed by atoms with E-state index in [4.69, 9.17) is 27.5 Å². The number of nitrogens with two attached hydrogens (primary N) is 1. The fraction of sp³-hybridized carbons (Fsp3) is 0.500. The molecule has 1 heterocycles. The highest BCUT2D eigenvalue weighted by molar-refractivity contribution is 7.89. The number of fused-ring (bicyclic) bond motifs is 1. The number of hydrogen-bond acceptors (Lipinski definition) is 6. The molecule has 1 aliphatic rings. The number of benzene rings is 1. The molecule has 180 valence electrons. The van der Waals surface area contributed by atoms with Gasteiger partial charge in [0.1, 0.15) is 18.0 Å². The van der Waals surface area contributed by atoms with Crippen LogP contribution in [0.2, 0.25) is 5.02 Å². The van der Waals surface area contributed by atoms with E-state index in [9.17, 15) is 13.2 Å². The number of guanidine groups is 1. The molecule has 1 aromatic heterocycles. The molecule has 1 saturated carbocycles. The van der Waals surface area contributed by atoms with Gasteiger partial charge in [0, 0.05) is 23.5 Å². The molecule has 0 amide bonds. The highest BCUT2D eigenvalue weighted by Gasteiger charge is 2.32. The number of halogens is 1. The maximum Gasteiger partial charge on any atom is 0.321 e. The molecule has 3 rings (SSSR count). The number of sulfonamides is 1. The molecule has 11 heteroatoms. The summed E-state index contributed by atoms with van der Waals surface area (Å²) in [6, 6.07) is 4.47. The number of ether oxygens (including phenoxy) is 1. The third-order valence-corrected chi connectivity index (χ3v) is 7.47. The van der Waals surface area contributed by atoms with Gasteiger partial charge in [0.15, 0.2) is 5.96 Å². The van der Waals surface area contributed by atoms with Crippen molar-refractivity contribution in [2.75, 3.05) is 18.4 Å². The summed E-state index contributed by atoms with van der Waals surface area (Å²) in [7, 11) is -4.04. The molecule has 0 atom stereocenters. The number of nitrogens with one attached hydrogen (secondary N) is 2. The number of aromatic nitrogens is 1. The maximum atomic E-state index is 13.7. The first-order valence-electron chi connectivity index (χ1n) is 10.8. The van der Waals surface area contributed by atoms with Gasteiger partial charge in [-0.2, -0.15) is 4.31 Å². The summed E-state index contributed by atoms with van der Waals surface area (Å²) < 4.78 is 33.9. The Balaban J connectivity index is 2.01. The number of nitrogens with zero attached hydrogens (tertiary/aromatic N) is 2. The van der Waals surface area contributed by atoms with Crippen LogP contribution in [0.4, 0.5) is 5.82 Å². The van der Waals surface area contributed by atoms with Crippen molar-refractivity contribution in [3.63, 3.8) is 0 Å². The number of carbonyl (C=O) groups is 1. The zero-order valence-electron chi connectivity index (χ0n) is 19.0. The molecule has 0 spiro atoms. The van der Waals surface area contributed by atoms with E-state index < -0.39 is 21.6 Å². The van der Waals surface area contributed by atoms with Crippen LogP contribution in [0, 0.1) is 11.3 Å². The van der Waals surface area contributed by atoms with Crippen LogP contribution in [-0.4, -0.2) is 48.3 Å². The molecule has 0 aliphatic heterocycles. The Hall–Kier alpha value is -2.43. The van der Waals surface area contributed by atoms with Gasteiger partial charge < -0.3 is 15.8 Å². The van der Waals surface area contributed by atoms with Gasteiger partial charge in [-0.3, -0.25) is 10.2 Å². The highest BCUT2D eigenvalue weighted by Crippen LogP contribution is 2.32. The minimum atomic E-state index is -4.04. The van der Waals surface area contributed by atoms with Gasteiger partial charge in [0.2, 0.25) is 10.0 Å². The van der Waals surface area contributed by atoms with E-state index in [1.54, 1.807) is 26.8 Å². The molecule has 1 fully saturated rings. The zero-order chi connectivity index (χ0) is 24.4. The average molecular weight is 496 g/mol. The monoisotopic (exact) mass is 495 g/mol. The van der Waals surface area contributed by atoms with Crippen LogP contribution in [0.1, 0.15) is 46.5 Å². The molecule has 2 aromatic rings. The van der Waals surface area contributed by atoms with Crippen molar-refractivity contribution < 1.29 is 17.9 Å². The lowest BCUT2D eigenvalue weighted by Gasteiger charge is -2.27. The van der Waals surface area contributed by atoms with Crippen molar-refractivity contribution in [2.24, 2.45) is 11.7 Å². The lowest BCUT2D eigenvalue weighted by atomic mass is 10.1. The first kappa shape index (κ1) is 25.2. The predicted molar refractivity (Wildman–Crippen MR) is 129 cm³/mol. The SMILES string of the molecule is CC(C)(C)OC(=O)CN(CC1CCCC1)S(=O)(=O)c1ccc2c(Cl)cnc(NC(=N)N)c2c1. The molecule has 0 bridgehead atoms. The van der Waals surface area contributed by atoms with Gasteiger partial charge in [-0.1, -0.05) is 30.5 Å². The second-order valence-electron chi connectivity index (χ2n) is 9.24. The van der Waals surface area contributed by atoms with E-state index in [2.05, 4.69) is 10.3 Å². The van der Waals surface area contributed by atoms with Crippen molar-refractivity contribution in [3.8, 4) is 0 Å². The minimum Gasteiger partial charge on any atom is -0.459 e. The van der Waals surface area contributed by atoms with E-state index in [1.807, 2.05) is 0 Å². The molecule has 1 aromatic carbocycles. The van der Waals surface area contributed by atoms with Crippen LogP contribution < -0.4 is 11.1 Å². The molecule has 33 heavy (non-hydrogen) atoms. The Kier molecular flexibility index (Phi) is 7.50. The topological polar surface area (TPSA) is 138 Å². The van der Waals surface area contributed by atoms with Gasteiger partial charge in [-0.05, 0) is 51.7 Å². The number of hydrogen-bond donors (Lipinski definition) is 3. The minimum absolute atomic E-state index is 0.00720. The largest absolute Gasteiger partial charge is 0.459 e. The number of pyridine rings is 1. The number of anilines is 1. The van der Waals surface area contributed by atoms with Gasteiger partial charge in [0.25, 0.3) is 0 Å². The average Bonchev–Trinajstić information content (AvgIpc) is 3.21. The van der Waals surface area contributed by atoms with E-state index in [0.29, 0.717) is 15.8 Å².